The number of carbonyl (C=O) groups is 3. The normalized spacial score (nSPS) is 51.3. The Morgan fingerprint density at radius 1 is 0.909 bits per heavy atom. The molecule has 0 aliphatic heterocycles. The second kappa shape index (κ2) is 4.52. The van der Waals surface area contributed by atoms with E-state index in [2.05, 4.69) is 13.8 Å². The molecule has 22 heavy (non-hydrogen) atoms. The first-order valence-corrected chi connectivity index (χ1v) is 8.94. The average Bonchev–Trinajstić information content (AvgIpc) is 2.77. The molecule has 0 saturated heterocycles. The Labute approximate surface area is 132 Å². The zero-order valence-electron chi connectivity index (χ0n) is 13.7. The van der Waals surface area contributed by atoms with Gasteiger partial charge in [-0.15, -0.1) is 0 Å². The molecule has 0 aromatic carbocycles. The van der Waals surface area contributed by atoms with Gasteiger partial charge in [0.05, 0.1) is 0 Å². The second-order valence-corrected chi connectivity index (χ2v) is 8.77. The molecule has 4 fully saturated rings. The molecule has 4 saturated carbocycles. The van der Waals surface area contributed by atoms with Gasteiger partial charge >= 0.3 is 0 Å². The topological polar surface area (TPSA) is 51.2 Å². The molecule has 0 aromatic heterocycles. The van der Waals surface area contributed by atoms with Gasteiger partial charge in [-0.2, -0.15) is 0 Å². The van der Waals surface area contributed by atoms with E-state index in [0.29, 0.717) is 55.0 Å². The van der Waals surface area contributed by atoms with Gasteiger partial charge in [-0.1, -0.05) is 13.8 Å². The van der Waals surface area contributed by atoms with Crippen LogP contribution in [0.5, 0.6) is 0 Å². The molecule has 0 N–H and O–H groups in total. The molecule has 4 aliphatic rings. The fraction of sp³-hybridized carbons (Fsp3) is 0.842. The van der Waals surface area contributed by atoms with Crippen LogP contribution in [0.25, 0.3) is 0 Å². The molecule has 120 valence electrons. The fourth-order valence-corrected chi connectivity index (χ4v) is 6.61. The number of carbonyl (C=O) groups excluding carboxylic acids is 3. The maximum atomic E-state index is 12.8. The monoisotopic (exact) mass is 302 g/mol. The van der Waals surface area contributed by atoms with E-state index in [1.54, 1.807) is 0 Å². The van der Waals surface area contributed by atoms with Crippen molar-refractivity contribution in [2.24, 2.45) is 34.5 Å². The van der Waals surface area contributed by atoms with Crippen LogP contribution in [0, 0.1) is 34.5 Å². The van der Waals surface area contributed by atoms with Crippen molar-refractivity contribution in [3.05, 3.63) is 0 Å². The third-order valence-electron chi connectivity index (χ3n) is 7.99. The molecule has 0 amide bonds. The zero-order valence-corrected chi connectivity index (χ0v) is 13.7. The molecule has 0 spiro atoms. The Bertz CT molecular complexity index is 565. The minimum Gasteiger partial charge on any atom is -0.300 e. The van der Waals surface area contributed by atoms with Gasteiger partial charge in [-0.05, 0) is 48.9 Å². The zero-order chi connectivity index (χ0) is 15.7. The quantitative estimate of drug-likeness (QED) is 0.689. The van der Waals surface area contributed by atoms with Gasteiger partial charge in [0.15, 0.2) is 0 Å². The minimum absolute atomic E-state index is 0.000871. The molecule has 3 heteroatoms. The van der Waals surface area contributed by atoms with Crippen LogP contribution in [-0.2, 0) is 14.4 Å². The first-order chi connectivity index (χ1) is 10.4. The molecule has 4 rings (SSSR count). The number of hydrogen-bond acceptors (Lipinski definition) is 3. The summed E-state index contributed by atoms with van der Waals surface area (Å²) in [6, 6.07) is 0. The van der Waals surface area contributed by atoms with Gasteiger partial charge in [0, 0.05) is 37.0 Å². The lowest BCUT2D eigenvalue weighted by atomic mass is 9.45. The first kappa shape index (κ1) is 14.6. The minimum atomic E-state index is -0.171. The van der Waals surface area contributed by atoms with E-state index in [9.17, 15) is 14.4 Å². The first-order valence-electron chi connectivity index (χ1n) is 8.94. The Hall–Kier alpha value is -0.990. The predicted molar refractivity (Wildman–Crippen MR) is 82.1 cm³/mol. The molecule has 0 radical (unpaired) electrons. The smallest absolute Gasteiger partial charge is 0.139 e. The highest BCUT2D eigenvalue weighted by atomic mass is 16.1. The molecule has 0 heterocycles. The summed E-state index contributed by atoms with van der Waals surface area (Å²) in [7, 11) is 0. The van der Waals surface area contributed by atoms with E-state index in [1.165, 1.54) is 0 Å². The highest BCUT2D eigenvalue weighted by molar-refractivity contribution is 5.91. The summed E-state index contributed by atoms with van der Waals surface area (Å²) in [4.78, 5) is 37.0. The molecular formula is C19H26O3. The lowest BCUT2D eigenvalue weighted by molar-refractivity contribution is -0.159. The van der Waals surface area contributed by atoms with Gasteiger partial charge in [-0.3, -0.25) is 14.4 Å². The highest BCUT2D eigenvalue weighted by Crippen LogP contribution is 2.64. The van der Waals surface area contributed by atoms with Crippen molar-refractivity contribution in [2.45, 2.75) is 65.2 Å². The predicted octanol–water partition coefficient (Wildman–Crippen LogP) is 3.35. The maximum absolute atomic E-state index is 12.8. The second-order valence-electron chi connectivity index (χ2n) is 8.77. The number of Topliss-reactive ketones (excluding diaryl/α,β-unsaturated/α-hetero) is 3. The van der Waals surface area contributed by atoms with Crippen molar-refractivity contribution in [3.63, 3.8) is 0 Å². The number of ketones is 3. The van der Waals surface area contributed by atoms with Gasteiger partial charge in [-0.25, -0.2) is 0 Å². The SMILES string of the molecule is C[C@@]12CCC3C(CC(=O)[C@@H]4CC(=O)CC[C@@]34C)C1CCC2=O. The van der Waals surface area contributed by atoms with Crippen LogP contribution >= 0.6 is 0 Å². The van der Waals surface area contributed by atoms with Crippen molar-refractivity contribution in [1.29, 1.82) is 0 Å². The largest absolute Gasteiger partial charge is 0.300 e. The summed E-state index contributed by atoms with van der Waals surface area (Å²) in [5.74, 6) is 2.27. The van der Waals surface area contributed by atoms with Crippen molar-refractivity contribution >= 4 is 17.3 Å². The molecule has 6 atom stereocenters. The van der Waals surface area contributed by atoms with E-state index in [0.717, 1.165) is 25.7 Å². The maximum Gasteiger partial charge on any atom is 0.139 e. The Morgan fingerprint density at radius 3 is 2.45 bits per heavy atom. The van der Waals surface area contributed by atoms with Crippen molar-refractivity contribution in [1.82, 2.24) is 0 Å². The van der Waals surface area contributed by atoms with E-state index < -0.39 is 0 Å². The lowest BCUT2D eigenvalue weighted by Gasteiger charge is -2.58. The Balaban J connectivity index is 1.71. The van der Waals surface area contributed by atoms with E-state index >= 15 is 0 Å². The van der Waals surface area contributed by atoms with E-state index in [-0.39, 0.29) is 22.5 Å². The molecular weight excluding hydrogens is 276 g/mol. The number of fused-ring (bicyclic) bond motifs is 5. The lowest BCUT2D eigenvalue weighted by Crippen LogP contribution is -2.56. The molecule has 4 aliphatic carbocycles. The summed E-state index contributed by atoms with van der Waals surface area (Å²) in [6.45, 7) is 4.41. The van der Waals surface area contributed by atoms with E-state index in [1.807, 2.05) is 0 Å². The van der Waals surface area contributed by atoms with Gasteiger partial charge in [0.25, 0.3) is 0 Å². The van der Waals surface area contributed by atoms with Crippen LogP contribution in [0.3, 0.4) is 0 Å². The Kier molecular flexibility index (Phi) is 3.00. The summed E-state index contributed by atoms with van der Waals surface area (Å²) in [5.41, 5.74) is -0.171. The van der Waals surface area contributed by atoms with Crippen LogP contribution < -0.4 is 0 Å². The van der Waals surface area contributed by atoms with Crippen LogP contribution in [0.1, 0.15) is 65.2 Å². The van der Waals surface area contributed by atoms with E-state index in [4.69, 9.17) is 0 Å². The standard InChI is InChI=1S/C19H26O3/c1-18-7-5-11(20)9-15(18)16(21)10-12-13-3-4-17(22)19(13,2)8-6-14(12)18/h12-15H,3-10H2,1-2H3/t12?,13?,14?,15-,18-,19+/m0/s1. The molecule has 0 aromatic rings. The molecule has 3 nitrogen and oxygen atoms in total. The number of rotatable bonds is 0. The Morgan fingerprint density at radius 2 is 1.68 bits per heavy atom. The van der Waals surface area contributed by atoms with Crippen LogP contribution in [0.4, 0.5) is 0 Å². The molecule has 0 bridgehead atoms. The van der Waals surface area contributed by atoms with Crippen LogP contribution in [0.15, 0.2) is 0 Å². The summed E-state index contributed by atoms with van der Waals surface area (Å²) < 4.78 is 0. The third kappa shape index (κ3) is 1.71. The van der Waals surface area contributed by atoms with Gasteiger partial charge < -0.3 is 0 Å². The van der Waals surface area contributed by atoms with Gasteiger partial charge in [0.1, 0.15) is 17.3 Å². The van der Waals surface area contributed by atoms with Crippen molar-refractivity contribution in [2.75, 3.05) is 0 Å². The van der Waals surface area contributed by atoms with Crippen molar-refractivity contribution in [3.8, 4) is 0 Å². The number of hydrogen-bond donors (Lipinski definition) is 0. The highest BCUT2D eigenvalue weighted by Gasteiger charge is 2.62. The molecule has 3 unspecified atom stereocenters. The summed E-state index contributed by atoms with van der Waals surface area (Å²) in [5, 5.41) is 0. The third-order valence-corrected chi connectivity index (χ3v) is 7.99. The van der Waals surface area contributed by atoms with Crippen LogP contribution in [-0.4, -0.2) is 17.3 Å². The summed E-state index contributed by atoms with van der Waals surface area (Å²) in [6.07, 6.45) is 6.34. The average molecular weight is 302 g/mol. The summed E-state index contributed by atoms with van der Waals surface area (Å²) >= 11 is 0. The fourth-order valence-electron chi connectivity index (χ4n) is 6.61. The van der Waals surface area contributed by atoms with Crippen molar-refractivity contribution < 1.29 is 14.4 Å². The van der Waals surface area contributed by atoms with Crippen LogP contribution in [0.2, 0.25) is 0 Å². The van der Waals surface area contributed by atoms with Gasteiger partial charge in [0.2, 0.25) is 0 Å².